The fraction of sp³-hybridized carbons (Fsp3) is 0.462. The first-order valence-electron chi connectivity index (χ1n) is 6.26. The van der Waals surface area contributed by atoms with Gasteiger partial charge in [-0.2, -0.15) is 5.26 Å². The highest BCUT2D eigenvalue weighted by molar-refractivity contribution is 7.89. The molecule has 0 aliphatic heterocycles. The van der Waals surface area contributed by atoms with Crippen molar-refractivity contribution in [2.24, 2.45) is 5.73 Å². The van der Waals surface area contributed by atoms with Gasteiger partial charge in [-0.05, 0) is 31.0 Å². The second-order valence-corrected chi connectivity index (χ2v) is 6.41. The maximum atomic E-state index is 13.2. The summed E-state index contributed by atoms with van der Waals surface area (Å²) in [5.74, 6) is -0.748. The Morgan fingerprint density at radius 3 is 2.50 bits per heavy atom. The monoisotopic (exact) mass is 299 g/mol. The maximum absolute atomic E-state index is 13.2. The molecule has 0 heterocycles. The molecule has 0 radical (unpaired) electrons. The third-order valence-electron chi connectivity index (χ3n) is 3.39. The van der Waals surface area contributed by atoms with Crippen molar-refractivity contribution >= 4 is 10.0 Å². The van der Waals surface area contributed by atoms with Gasteiger partial charge in [0.2, 0.25) is 10.0 Å². The van der Waals surface area contributed by atoms with Crippen LogP contribution in [0.2, 0.25) is 0 Å². The Hall–Kier alpha value is -1.49. The van der Waals surface area contributed by atoms with E-state index in [2.05, 4.69) is 4.72 Å². The highest BCUT2D eigenvalue weighted by atomic mass is 32.2. The standard InChI is InChI=1S/C13H18FN3O2S/c1-3-13(16,4-2)9-17-20(18,19)11-5-6-12(14)10(7-11)8-15/h5-7,17H,3-4,9,16H2,1-2H3. The molecule has 1 aromatic carbocycles. The van der Waals surface area contributed by atoms with Crippen LogP contribution in [0.25, 0.3) is 0 Å². The molecular weight excluding hydrogens is 281 g/mol. The molecule has 0 saturated carbocycles. The highest BCUT2D eigenvalue weighted by Gasteiger charge is 2.24. The van der Waals surface area contributed by atoms with E-state index in [1.807, 2.05) is 13.8 Å². The number of benzene rings is 1. The van der Waals surface area contributed by atoms with Crippen LogP contribution >= 0.6 is 0 Å². The van der Waals surface area contributed by atoms with E-state index < -0.39 is 21.4 Å². The van der Waals surface area contributed by atoms with Crippen molar-refractivity contribution in [1.29, 1.82) is 5.26 Å². The van der Waals surface area contributed by atoms with Gasteiger partial charge in [0, 0.05) is 12.1 Å². The molecule has 1 rings (SSSR count). The zero-order chi connectivity index (χ0) is 15.4. The Morgan fingerprint density at radius 1 is 1.40 bits per heavy atom. The van der Waals surface area contributed by atoms with Crippen molar-refractivity contribution in [1.82, 2.24) is 4.72 Å². The molecular formula is C13H18FN3O2S. The quantitative estimate of drug-likeness (QED) is 0.832. The van der Waals surface area contributed by atoms with Crippen LogP contribution in [0.4, 0.5) is 4.39 Å². The Morgan fingerprint density at radius 2 is 2.00 bits per heavy atom. The Balaban J connectivity index is 2.98. The molecule has 0 aromatic heterocycles. The molecule has 3 N–H and O–H groups in total. The molecule has 0 saturated heterocycles. The molecule has 1 aromatic rings. The predicted octanol–water partition coefficient (Wildman–Crippen LogP) is 1.49. The van der Waals surface area contributed by atoms with Gasteiger partial charge in [0.05, 0.1) is 10.5 Å². The van der Waals surface area contributed by atoms with Crippen LogP contribution in [0, 0.1) is 17.1 Å². The molecule has 0 aliphatic rings. The lowest BCUT2D eigenvalue weighted by Crippen LogP contribution is -2.49. The molecule has 0 unspecified atom stereocenters. The van der Waals surface area contributed by atoms with Gasteiger partial charge in [0.15, 0.2) is 0 Å². The van der Waals surface area contributed by atoms with Gasteiger partial charge in [0.25, 0.3) is 0 Å². The normalized spacial score (nSPS) is 12.2. The summed E-state index contributed by atoms with van der Waals surface area (Å²) >= 11 is 0. The minimum Gasteiger partial charge on any atom is -0.324 e. The number of halogens is 1. The molecule has 0 amide bonds. The van der Waals surface area contributed by atoms with E-state index in [0.29, 0.717) is 12.8 Å². The first-order chi connectivity index (χ1) is 9.28. The number of nitrogens with one attached hydrogen (secondary N) is 1. The first kappa shape index (κ1) is 16.6. The number of nitriles is 1. The third kappa shape index (κ3) is 3.76. The Bertz CT molecular complexity index is 619. The van der Waals surface area contributed by atoms with E-state index >= 15 is 0 Å². The van der Waals surface area contributed by atoms with Gasteiger partial charge < -0.3 is 5.73 Å². The van der Waals surface area contributed by atoms with Crippen molar-refractivity contribution in [2.75, 3.05) is 6.54 Å². The van der Waals surface area contributed by atoms with E-state index in [1.54, 1.807) is 6.07 Å². The van der Waals surface area contributed by atoms with E-state index in [4.69, 9.17) is 11.0 Å². The summed E-state index contributed by atoms with van der Waals surface area (Å²) in [5.41, 5.74) is 5.10. The molecule has 0 atom stereocenters. The Kier molecular flexibility index (Phi) is 5.22. The van der Waals surface area contributed by atoms with Crippen molar-refractivity contribution in [2.45, 2.75) is 37.1 Å². The van der Waals surface area contributed by atoms with Gasteiger partial charge in [-0.1, -0.05) is 13.8 Å². The van der Waals surface area contributed by atoms with E-state index in [9.17, 15) is 12.8 Å². The summed E-state index contributed by atoms with van der Waals surface area (Å²) in [5, 5.41) is 8.72. The number of hydrogen-bond acceptors (Lipinski definition) is 4. The molecule has 20 heavy (non-hydrogen) atoms. The van der Waals surface area contributed by atoms with Gasteiger partial charge in [-0.3, -0.25) is 0 Å². The highest BCUT2D eigenvalue weighted by Crippen LogP contribution is 2.16. The lowest BCUT2D eigenvalue weighted by Gasteiger charge is -2.26. The summed E-state index contributed by atoms with van der Waals surface area (Å²) in [6, 6.07) is 4.70. The van der Waals surface area contributed by atoms with Crippen LogP contribution < -0.4 is 10.5 Å². The SMILES string of the molecule is CCC(N)(CC)CNS(=O)(=O)c1ccc(F)c(C#N)c1. The summed E-state index contributed by atoms with van der Waals surface area (Å²) in [7, 11) is -3.81. The number of rotatable bonds is 6. The Labute approximate surface area is 118 Å². The maximum Gasteiger partial charge on any atom is 0.240 e. The molecule has 7 heteroatoms. The van der Waals surface area contributed by atoms with Crippen LogP contribution in [0.5, 0.6) is 0 Å². The van der Waals surface area contributed by atoms with Crippen molar-refractivity contribution in [3.05, 3.63) is 29.6 Å². The van der Waals surface area contributed by atoms with Gasteiger partial charge in [-0.15, -0.1) is 0 Å². The smallest absolute Gasteiger partial charge is 0.240 e. The number of nitrogens with two attached hydrogens (primary N) is 1. The number of hydrogen-bond donors (Lipinski definition) is 2. The lowest BCUT2D eigenvalue weighted by atomic mass is 9.95. The second kappa shape index (κ2) is 6.31. The average molecular weight is 299 g/mol. The van der Waals surface area contributed by atoms with Gasteiger partial charge in [-0.25, -0.2) is 17.5 Å². The minimum atomic E-state index is -3.81. The van der Waals surface area contributed by atoms with Crippen LogP contribution in [0.3, 0.4) is 0 Å². The molecule has 0 spiro atoms. The van der Waals surface area contributed by atoms with Gasteiger partial charge in [0.1, 0.15) is 11.9 Å². The third-order valence-corrected chi connectivity index (χ3v) is 4.79. The summed E-state index contributed by atoms with van der Waals surface area (Å²) in [4.78, 5) is -0.148. The molecule has 0 fully saturated rings. The average Bonchev–Trinajstić information content (AvgIpc) is 2.45. The summed E-state index contributed by atoms with van der Waals surface area (Å²) < 4.78 is 39.8. The lowest BCUT2D eigenvalue weighted by molar-refractivity contribution is 0.392. The fourth-order valence-corrected chi connectivity index (χ4v) is 2.74. The first-order valence-corrected chi connectivity index (χ1v) is 7.74. The molecule has 0 bridgehead atoms. The summed E-state index contributed by atoms with van der Waals surface area (Å²) in [6.45, 7) is 3.84. The zero-order valence-electron chi connectivity index (χ0n) is 11.5. The molecule has 5 nitrogen and oxygen atoms in total. The second-order valence-electron chi connectivity index (χ2n) is 4.65. The van der Waals surface area contributed by atoms with Gasteiger partial charge >= 0.3 is 0 Å². The van der Waals surface area contributed by atoms with E-state index in [1.165, 1.54) is 0 Å². The van der Waals surface area contributed by atoms with E-state index in [0.717, 1.165) is 18.2 Å². The topological polar surface area (TPSA) is 96.0 Å². The fourth-order valence-electron chi connectivity index (χ4n) is 1.58. The van der Waals surface area contributed by atoms with Crippen molar-refractivity contribution in [3.63, 3.8) is 0 Å². The number of sulfonamides is 1. The van der Waals surface area contributed by atoms with Crippen molar-refractivity contribution in [3.8, 4) is 6.07 Å². The van der Waals surface area contributed by atoms with Crippen LogP contribution in [-0.2, 0) is 10.0 Å². The van der Waals surface area contributed by atoms with Crippen molar-refractivity contribution < 1.29 is 12.8 Å². The predicted molar refractivity (Wildman–Crippen MR) is 73.8 cm³/mol. The molecule has 110 valence electrons. The van der Waals surface area contributed by atoms with Crippen LogP contribution in [0.1, 0.15) is 32.3 Å². The number of nitrogens with zero attached hydrogens (tertiary/aromatic N) is 1. The van der Waals surface area contributed by atoms with Crippen LogP contribution in [-0.4, -0.2) is 20.5 Å². The largest absolute Gasteiger partial charge is 0.324 e. The summed E-state index contributed by atoms with van der Waals surface area (Å²) in [6.07, 6.45) is 1.25. The van der Waals surface area contributed by atoms with Crippen LogP contribution in [0.15, 0.2) is 23.1 Å². The minimum absolute atomic E-state index is 0.0849. The van der Waals surface area contributed by atoms with E-state index in [-0.39, 0.29) is 17.0 Å². The molecule has 0 aliphatic carbocycles. The zero-order valence-corrected chi connectivity index (χ0v) is 12.3.